The van der Waals surface area contributed by atoms with E-state index in [1.165, 1.54) is 11.1 Å². The highest BCUT2D eigenvalue weighted by molar-refractivity contribution is 6.02. The third kappa shape index (κ3) is 3.58. The fourth-order valence-corrected chi connectivity index (χ4v) is 7.02. The van der Waals surface area contributed by atoms with Crippen molar-refractivity contribution in [1.82, 2.24) is 4.90 Å². The van der Waals surface area contributed by atoms with Gasteiger partial charge in [-0.15, -0.1) is 0 Å². The third-order valence-corrected chi connectivity index (χ3v) is 9.39. The fourth-order valence-electron chi connectivity index (χ4n) is 7.02. The van der Waals surface area contributed by atoms with Crippen LogP contribution in [-0.2, 0) is 22.0 Å². The lowest BCUT2D eigenvalue weighted by molar-refractivity contribution is -0.119. The molecule has 1 heterocycles. The zero-order valence-electron chi connectivity index (χ0n) is 20.6. The second-order valence-electron chi connectivity index (χ2n) is 11.1. The van der Waals surface area contributed by atoms with Gasteiger partial charge in [-0.1, -0.05) is 68.4 Å². The highest BCUT2D eigenvalue weighted by Gasteiger charge is 2.62. The molecule has 180 valence electrons. The summed E-state index contributed by atoms with van der Waals surface area (Å²) in [6.45, 7) is 6.72. The van der Waals surface area contributed by atoms with Gasteiger partial charge in [0.2, 0.25) is 5.91 Å². The summed E-state index contributed by atoms with van der Waals surface area (Å²) in [6.07, 6.45) is 2.96. The molecule has 0 radical (unpaired) electrons. The number of aromatic hydroxyl groups is 1. The van der Waals surface area contributed by atoms with Gasteiger partial charge < -0.3 is 10.4 Å². The molecule has 2 bridgehead atoms. The number of carbonyl (C=O) groups is 1. The summed E-state index contributed by atoms with van der Waals surface area (Å²) in [6, 6.07) is 26.5. The Labute approximate surface area is 208 Å². The number of rotatable bonds is 5. The second kappa shape index (κ2) is 8.23. The van der Waals surface area contributed by atoms with E-state index in [0.29, 0.717) is 23.6 Å². The second-order valence-corrected chi connectivity index (χ2v) is 11.1. The Bertz CT molecular complexity index is 1240. The predicted octanol–water partition coefficient (Wildman–Crippen LogP) is 5.51. The molecule has 3 aromatic rings. The molecule has 0 spiro atoms. The van der Waals surface area contributed by atoms with Crippen LogP contribution < -0.4 is 5.32 Å². The molecule has 1 saturated heterocycles. The van der Waals surface area contributed by atoms with Crippen molar-refractivity contribution in [2.45, 2.75) is 50.0 Å². The van der Waals surface area contributed by atoms with E-state index in [2.05, 4.69) is 42.3 Å². The monoisotopic (exact) mass is 466 g/mol. The van der Waals surface area contributed by atoms with E-state index < -0.39 is 5.41 Å². The average Bonchev–Trinajstić information content (AvgIpc) is 3.60. The number of nitrogens with one attached hydrogen (secondary N) is 1. The van der Waals surface area contributed by atoms with Gasteiger partial charge in [-0.05, 0) is 84.0 Å². The number of piperidine rings is 1. The molecule has 3 aromatic carbocycles. The van der Waals surface area contributed by atoms with Gasteiger partial charge in [0.25, 0.3) is 0 Å². The number of para-hydroxylation sites is 1. The van der Waals surface area contributed by atoms with Crippen LogP contribution in [0.25, 0.3) is 0 Å². The summed E-state index contributed by atoms with van der Waals surface area (Å²) in [4.78, 5) is 16.4. The first-order valence-electron chi connectivity index (χ1n) is 12.9. The normalized spacial score (nSPS) is 31.4. The van der Waals surface area contributed by atoms with Crippen molar-refractivity contribution in [3.05, 3.63) is 95.6 Å². The Morgan fingerprint density at radius 1 is 1.06 bits per heavy atom. The van der Waals surface area contributed by atoms with Crippen LogP contribution in [0.4, 0.5) is 5.69 Å². The Hall–Kier alpha value is -3.11. The summed E-state index contributed by atoms with van der Waals surface area (Å²) in [7, 11) is 0. The summed E-state index contributed by atoms with van der Waals surface area (Å²) in [5, 5.41) is 13.3. The van der Waals surface area contributed by atoms with Crippen molar-refractivity contribution in [3.63, 3.8) is 0 Å². The maximum atomic E-state index is 13.7. The molecular weight excluding hydrogens is 432 g/mol. The zero-order chi connectivity index (χ0) is 24.2. The van der Waals surface area contributed by atoms with E-state index in [4.69, 9.17) is 0 Å². The van der Waals surface area contributed by atoms with Gasteiger partial charge in [0, 0.05) is 18.3 Å². The Kier molecular flexibility index (Phi) is 5.26. The van der Waals surface area contributed by atoms with E-state index in [-0.39, 0.29) is 11.3 Å². The molecule has 1 amide bonds. The lowest BCUT2D eigenvalue weighted by Crippen LogP contribution is -2.58. The molecule has 2 N–H and O–H groups in total. The maximum Gasteiger partial charge on any atom is 0.235 e. The van der Waals surface area contributed by atoms with E-state index in [1.54, 1.807) is 0 Å². The van der Waals surface area contributed by atoms with Crippen LogP contribution >= 0.6 is 0 Å². The molecule has 4 nitrogen and oxygen atoms in total. The molecule has 3 aliphatic rings. The first-order valence-corrected chi connectivity index (χ1v) is 12.9. The minimum Gasteiger partial charge on any atom is -0.508 e. The van der Waals surface area contributed by atoms with Gasteiger partial charge in [0.05, 0.1) is 5.41 Å². The first kappa shape index (κ1) is 22.4. The van der Waals surface area contributed by atoms with E-state index in [0.717, 1.165) is 43.6 Å². The Morgan fingerprint density at radius 3 is 2.51 bits per heavy atom. The number of hydrogen-bond donors (Lipinski definition) is 2. The standard InChI is InChI=1S/C31H34N2O2/c1-21-28-17-22-13-14-26(34)18-27(22)30(21,2)15-16-33(28)20-24-19-31(24,23-9-5-3-6-10-23)29(35)32-25-11-7-4-8-12-25/h3-14,18,21,24,28,34H,15-17,19-20H2,1-2H3,(H,32,35)/t21-,24-,28+,30+,31+/m0/s1. The molecule has 5 atom stereocenters. The number of fused-ring (bicyclic) bond motifs is 4. The number of nitrogens with zero attached hydrogens (tertiary/aromatic N) is 1. The van der Waals surface area contributed by atoms with Crippen LogP contribution in [0.1, 0.15) is 43.4 Å². The minimum absolute atomic E-state index is 0.0816. The predicted molar refractivity (Wildman–Crippen MR) is 140 cm³/mol. The molecule has 0 aromatic heterocycles. The molecule has 2 fully saturated rings. The van der Waals surface area contributed by atoms with Crippen LogP contribution in [0.5, 0.6) is 5.75 Å². The summed E-state index contributed by atoms with van der Waals surface area (Å²) in [5.74, 6) is 1.27. The number of phenols is 1. The number of carbonyl (C=O) groups excluding carboxylic acids is 1. The Morgan fingerprint density at radius 2 is 1.77 bits per heavy atom. The highest BCUT2D eigenvalue weighted by atomic mass is 16.3. The van der Waals surface area contributed by atoms with Crippen LogP contribution in [0, 0.1) is 11.8 Å². The van der Waals surface area contributed by atoms with Gasteiger partial charge in [0.15, 0.2) is 0 Å². The van der Waals surface area contributed by atoms with E-state index in [1.807, 2.05) is 60.7 Å². The van der Waals surface area contributed by atoms with Crippen molar-refractivity contribution in [2.75, 3.05) is 18.4 Å². The average molecular weight is 467 g/mol. The lowest BCUT2D eigenvalue weighted by Gasteiger charge is -2.55. The summed E-state index contributed by atoms with van der Waals surface area (Å²) in [5.41, 5.74) is 4.28. The molecule has 4 heteroatoms. The molecule has 1 saturated carbocycles. The number of amides is 1. The lowest BCUT2D eigenvalue weighted by atomic mass is 9.59. The molecular formula is C31H34N2O2. The van der Waals surface area contributed by atoms with Crippen LogP contribution in [0.15, 0.2) is 78.9 Å². The largest absolute Gasteiger partial charge is 0.508 e. The van der Waals surface area contributed by atoms with Crippen LogP contribution in [0.2, 0.25) is 0 Å². The van der Waals surface area contributed by atoms with Gasteiger partial charge in [-0.3, -0.25) is 9.69 Å². The van der Waals surface area contributed by atoms with Crippen LogP contribution in [0.3, 0.4) is 0 Å². The first-order chi connectivity index (χ1) is 16.9. The number of benzene rings is 3. The third-order valence-electron chi connectivity index (χ3n) is 9.39. The topological polar surface area (TPSA) is 52.6 Å². The van der Waals surface area contributed by atoms with Crippen molar-refractivity contribution < 1.29 is 9.90 Å². The SMILES string of the molecule is C[C@H]1[C@H]2Cc3ccc(O)cc3[C@]1(C)CCN2C[C@@H]1C[C@@]1(C(=O)Nc1ccccc1)c1ccccc1. The van der Waals surface area contributed by atoms with Crippen molar-refractivity contribution >= 4 is 11.6 Å². The molecule has 6 rings (SSSR count). The van der Waals surface area contributed by atoms with Crippen molar-refractivity contribution in [1.29, 1.82) is 0 Å². The minimum atomic E-state index is -0.473. The highest BCUT2D eigenvalue weighted by Crippen LogP contribution is 2.57. The van der Waals surface area contributed by atoms with E-state index in [9.17, 15) is 9.90 Å². The van der Waals surface area contributed by atoms with Crippen molar-refractivity contribution in [2.24, 2.45) is 11.8 Å². The molecule has 2 aliphatic carbocycles. The zero-order valence-corrected chi connectivity index (χ0v) is 20.6. The molecule has 35 heavy (non-hydrogen) atoms. The Balaban J connectivity index is 1.26. The van der Waals surface area contributed by atoms with Gasteiger partial charge in [-0.25, -0.2) is 0 Å². The molecule has 0 unspecified atom stereocenters. The fraction of sp³-hybridized carbons (Fsp3) is 0.387. The smallest absolute Gasteiger partial charge is 0.235 e. The van der Waals surface area contributed by atoms with E-state index >= 15 is 0 Å². The van der Waals surface area contributed by atoms with Gasteiger partial charge in [0.1, 0.15) is 5.75 Å². The number of phenolic OH excluding ortho intramolecular Hbond substituents is 1. The molecule has 1 aliphatic heterocycles. The van der Waals surface area contributed by atoms with Gasteiger partial charge in [-0.2, -0.15) is 0 Å². The summed E-state index contributed by atoms with van der Waals surface area (Å²) >= 11 is 0. The maximum absolute atomic E-state index is 13.7. The van der Waals surface area contributed by atoms with Gasteiger partial charge >= 0.3 is 0 Å². The number of anilines is 1. The van der Waals surface area contributed by atoms with Crippen molar-refractivity contribution in [3.8, 4) is 5.75 Å². The number of hydrogen-bond acceptors (Lipinski definition) is 3. The van der Waals surface area contributed by atoms with Crippen LogP contribution in [-0.4, -0.2) is 35.0 Å². The quantitative estimate of drug-likeness (QED) is 0.521. The summed E-state index contributed by atoms with van der Waals surface area (Å²) < 4.78 is 0. The number of likely N-dealkylation sites (tertiary alicyclic amines) is 1.